The standard InChI is InChI=1S/6ClH.H5N2P3/c;;;;;;3-1-5-2-4/h6*1H;1,4-5H,3H2. The molecule has 0 amide bonds. The first-order valence-electron chi connectivity index (χ1n) is 0.986. The summed E-state index contributed by atoms with van der Waals surface area (Å²) in [7, 11) is 5.70. The SMILES string of the molecule is Cl.Cl.Cl.Cl.Cl.Cl.P=NPNP. The first kappa shape index (κ1) is 49.4. The Bertz CT molecular complexity index is 37.0. The van der Waals surface area contributed by atoms with Gasteiger partial charge in [0.25, 0.3) is 0 Å². The van der Waals surface area contributed by atoms with E-state index < -0.39 is 0 Å². The molecule has 0 heterocycles. The van der Waals surface area contributed by atoms with Crippen molar-refractivity contribution in [2.24, 2.45) is 4.52 Å². The Morgan fingerprint density at radius 2 is 1.27 bits per heavy atom. The van der Waals surface area contributed by atoms with Crippen LogP contribution in [0, 0.1) is 0 Å². The van der Waals surface area contributed by atoms with Crippen molar-refractivity contribution in [1.29, 1.82) is 0 Å². The molecule has 0 spiro atoms. The van der Waals surface area contributed by atoms with Crippen molar-refractivity contribution in [3.05, 3.63) is 0 Å². The van der Waals surface area contributed by atoms with Gasteiger partial charge in [-0.2, -0.15) is 0 Å². The fraction of sp³-hybridized carbons (Fsp3) is 0. The van der Waals surface area contributed by atoms with E-state index in [4.69, 9.17) is 0 Å². The van der Waals surface area contributed by atoms with Gasteiger partial charge in [-0.1, -0.05) is 9.39 Å². The molecule has 0 aliphatic carbocycles. The van der Waals surface area contributed by atoms with Crippen molar-refractivity contribution < 1.29 is 0 Å². The number of rotatable bonds is 2. The summed E-state index contributed by atoms with van der Waals surface area (Å²) >= 11 is 0. The molecule has 0 aromatic rings. The van der Waals surface area contributed by atoms with Gasteiger partial charge in [-0.15, -0.1) is 74.4 Å². The summed E-state index contributed by atoms with van der Waals surface area (Å²) in [6.07, 6.45) is 0. The Hall–Kier alpha value is 2.66. The van der Waals surface area contributed by atoms with Crippen LogP contribution in [0.25, 0.3) is 0 Å². The van der Waals surface area contributed by atoms with Crippen molar-refractivity contribution in [2.45, 2.75) is 0 Å². The second-order valence-corrected chi connectivity index (χ2v) is 2.64. The Balaban J connectivity index is -0.00000000533. The first-order valence-corrected chi connectivity index (χ1v) is 2.96. The van der Waals surface area contributed by atoms with Crippen LogP contribution < -0.4 is 4.86 Å². The topological polar surface area (TPSA) is 24.4 Å². The van der Waals surface area contributed by atoms with Crippen LogP contribution in [0.15, 0.2) is 4.52 Å². The number of hydrogen-bond donors (Lipinski definition) is 1. The zero-order chi connectivity index (χ0) is 4.12. The van der Waals surface area contributed by atoms with Crippen LogP contribution in [-0.4, -0.2) is 0 Å². The highest BCUT2D eigenvalue weighted by molar-refractivity contribution is 7.46. The van der Waals surface area contributed by atoms with E-state index in [2.05, 4.69) is 27.8 Å². The van der Waals surface area contributed by atoms with E-state index >= 15 is 0 Å². The van der Waals surface area contributed by atoms with Gasteiger partial charge in [0.2, 0.25) is 0 Å². The minimum Gasteiger partial charge on any atom is -0.263 e. The molecule has 0 aromatic heterocycles. The minimum atomic E-state index is 0. The zero-order valence-corrected chi connectivity index (χ0v) is 13.0. The lowest BCUT2D eigenvalue weighted by atomic mass is 13.8. The fourth-order valence-electron chi connectivity index (χ4n) is 0.0323. The van der Waals surface area contributed by atoms with Gasteiger partial charge in [0.15, 0.2) is 0 Å². The smallest absolute Gasteiger partial charge is 0.0795 e. The average Bonchev–Trinajstić information content (AvgIpc) is 1.41. The van der Waals surface area contributed by atoms with E-state index in [9.17, 15) is 0 Å². The van der Waals surface area contributed by atoms with E-state index in [0.29, 0.717) is 8.88 Å². The van der Waals surface area contributed by atoms with Crippen molar-refractivity contribution >= 4 is 102 Å². The highest BCUT2D eigenvalue weighted by Crippen LogP contribution is 2.06. The molecule has 0 aliphatic rings. The average molecular weight is 345 g/mol. The van der Waals surface area contributed by atoms with Gasteiger partial charge < -0.3 is 0 Å². The molecule has 0 aliphatic heterocycles. The summed E-state index contributed by atoms with van der Waals surface area (Å²) in [5.74, 6) is 0. The Morgan fingerprint density at radius 1 is 1.00 bits per heavy atom. The fourth-order valence-corrected chi connectivity index (χ4v) is 0.871. The van der Waals surface area contributed by atoms with Gasteiger partial charge in [-0.25, -0.2) is 4.52 Å². The molecular weight excluding hydrogens is 334 g/mol. The number of nitrogens with one attached hydrogen (secondary N) is 1. The lowest BCUT2D eigenvalue weighted by Crippen LogP contribution is -1.64. The highest BCUT2D eigenvalue weighted by atomic mass is 35.5. The Morgan fingerprint density at radius 3 is 1.27 bits per heavy atom. The normalized spacial score (nSPS) is 4.45. The Kier molecular flexibility index (Phi) is 241. The molecule has 78 valence electrons. The maximum Gasteiger partial charge on any atom is 0.0795 e. The third kappa shape index (κ3) is 66.2. The van der Waals surface area contributed by atoms with Crippen LogP contribution in [0.1, 0.15) is 0 Å². The second kappa shape index (κ2) is 53.7. The maximum absolute atomic E-state index is 3.56. The Labute approximate surface area is 110 Å². The lowest BCUT2D eigenvalue weighted by Gasteiger charge is -1.78. The van der Waals surface area contributed by atoms with Crippen molar-refractivity contribution in [1.82, 2.24) is 4.86 Å². The maximum atomic E-state index is 3.56. The third-order valence-electron chi connectivity index (χ3n) is 0.120. The monoisotopic (exact) mass is 342 g/mol. The molecule has 0 saturated heterocycles. The summed E-state index contributed by atoms with van der Waals surface area (Å²) in [4.78, 5) is 2.75. The quantitative estimate of drug-likeness (QED) is 0.758. The van der Waals surface area contributed by atoms with E-state index in [1.54, 1.807) is 0 Å². The van der Waals surface area contributed by atoms with Gasteiger partial charge in [0, 0.05) is 0 Å². The van der Waals surface area contributed by atoms with Crippen molar-refractivity contribution in [2.75, 3.05) is 0 Å². The van der Waals surface area contributed by atoms with Crippen LogP contribution >= 0.6 is 102 Å². The molecule has 2 atom stereocenters. The molecular formula is H11Cl6N2P3. The minimum absolute atomic E-state index is 0. The molecule has 0 aromatic carbocycles. The molecule has 2 unspecified atom stereocenters. The largest absolute Gasteiger partial charge is 0.263 e. The van der Waals surface area contributed by atoms with Gasteiger partial charge in [0.1, 0.15) is 0 Å². The third-order valence-corrected chi connectivity index (χ3v) is 1.08. The van der Waals surface area contributed by atoms with Crippen molar-refractivity contribution in [3.8, 4) is 0 Å². The molecule has 0 fully saturated rings. The summed E-state index contributed by atoms with van der Waals surface area (Å²) in [5, 5.41) is 0. The molecule has 0 radical (unpaired) electrons. The molecule has 0 bridgehead atoms. The molecule has 2 nitrogen and oxygen atoms in total. The molecule has 11 heavy (non-hydrogen) atoms. The van der Waals surface area contributed by atoms with Crippen LogP contribution in [0.5, 0.6) is 0 Å². The molecule has 0 saturated carbocycles. The van der Waals surface area contributed by atoms with Gasteiger partial charge >= 0.3 is 0 Å². The van der Waals surface area contributed by atoms with Crippen LogP contribution in [0.3, 0.4) is 0 Å². The summed E-state index contributed by atoms with van der Waals surface area (Å²) < 4.78 is 3.56. The zero-order valence-electron chi connectivity index (χ0n) is 4.97. The lowest BCUT2D eigenvalue weighted by molar-refractivity contribution is 1.71. The van der Waals surface area contributed by atoms with Crippen LogP contribution in [-0.2, 0) is 0 Å². The van der Waals surface area contributed by atoms with Gasteiger partial charge in [0.05, 0.1) is 8.88 Å². The van der Waals surface area contributed by atoms with Crippen LogP contribution in [0.4, 0.5) is 0 Å². The van der Waals surface area contributed by atoms with E-state index in [1.807, 2.05) is 0 Å². The second-order valence-electron chi connectivity index (χ2n) is 0.368. The summed E-state index contributed by atoms with van der Waals surface area (Å²) in [6.45, 7) is 0. The van der Waals surface area contributed by atoms with E-state index in [-0.39, 0.29) is 74.4 Å². The van der Waals surface area contributed by atoms with E-state index in [1.165, 1.54) is 0 Å². The summed E-state index contributed by atoms with van der Waals surface area (Å²) in [6, 6.07) is 0. The first-order chi connectivity index (χ1) is 2.41. The summed E-state index contributed by atoms with van der Waals surface area (Å²) in [5.41, 5.74) is 0. The van der Waals surface area contributed by atoms with Gasteiger partial charge in [-0.05, 0) is 9.03 Å². The van der Waals surface area contributed by atoms with Gasteiger partial charge in [-0.3, -0.25) is 4.86 Å². The predicted octanol–water partition coefficient (Wildman–Crippen LogP) is 3.73. The molecule has 1 N–H and O–H groups in total. The van der Waals surface area contributed by atoms with Crippen molar-refractivity contribution in [3.63, 3.8) is 0 Å². The highest BCUT2D eigenvalue weighted by Gasteiger charge is 1.57. The van der Waals surface area contributed by atoms with Crippen LogP contribution in [0.2, 0.25) is 0 Å². The number of hydrogen-bond acceptors (Lipinski definition) is 2. The molecule has 11 heteroatoms. The predicted molar refractivity (Wildman–Crippen MR) is 75.4 cm³/mol. The number of halogens is 6. The van der Waals surface area contributed by atoms with E-state index in [0.717, 1.165) is 0 Å². The molecule has 0 rings (SSSR count). The number of nitrogens with zero attached hydrogens (tertiary/aromatic N) is 1.